The number of Topliss-reactive ketones (excluding diaryl/α,β-unsaturated/α-hetero) is 1. The number of benzene rings is 2. The number of carbonyl (C=O) groups is 2. The van der Waals surface area contributed by atoms with Crippen molar-refractivity contribution in [2.24, 2.45) is 0 Å². The molecule has 1 amide bonds. The molecule has 0 spiro atoms. The fraction of sp³-hybridized carbons (Fsp3) is 0.333. The van der Waals surface area contributed by atoms with Crippen LogP contribution in [0.1, 0.15) is 49.8 Å². The van der Waals surface area contributed by atoms with Gasteiger partial charge in [0.15, 0.2) is 0 Å². The lowest BCUT2D eigenvalue weighted by Gasteiger charge is -2.25. The zero-order chi connectivity index (χ0) is 20.8. The van der Waals surface area contributed by atoms with Crippen molar-refractivity contribution in [1.29, 1.82) is 0 Å². The summed E-state index contributed by atoms with van der Waals surface area (Å²) in [5.41, 5.74) is 1.44. The van der Waals surface area contributed by atoms with Gasteiger partial charge in [0.1, 0.15) is 11.5 Å². The molecule has 1 atom stereocenters. The second-order valence-electron chi connectivity index (χ2n) is 7.19. The van der Waals surface area contributed by atoms with Gasteiger partial charge in [0.2, 0.25) is 0 Å². The maximum absolute atomic E-state index is 12.9. The molecule has 1 saturated heterocycles. The van der Waals surface area contributed by atoms with Crippen molar-refractivity contribution in [3.05, 3.63) is 71.3 Å². The topological polar surface area (TPSA) is 66.8 Å². The molecule has 29 heavy (non-hydrogen) atoms. The summed E-state index contributed by atoms with van der Waals surface area (Å²) in [6, 6.07) is 15.6. The molecule has 1 heterocycles. The number of unbranched alkanes of at least 4 members (excludes halogenated alkanes) is 3. The first-order valence-corrected chi connectivity index (χ1v) is 10.1. The maximum Gasteiger partial charge on any atom is 0.295 e. The van der Waals surface area contributed by atoms with Crippen LogP contribution in [0.3, 0.4) is 0 Å². The van der Waals surface area contributed by atoms with E-state index in [9.17, 15) is 14.7 Å². The lowest BCUT2D eigenvalue weighted by molar-refractivity contribution is -0.139. The van der Waals surface area contributed by atoms with Gasteiger partial charge >= 0.3 is 0 Å². The molecule has 1 unspecified atom stereocenters. The smallest absolute Gasteiger partial charge is 0.295 e. The normalized spacial score (nSPS) is 18.3. The van der Waals surface area contributed by atoms with Gasteiger partial charge in [0.05, 0.1) is 18.7 Å². The number of methoxy groups -OCH3 is 1. The second kappa shape index (κ2) is 9.41. The van der Waals surface area contributed by atoms with Crippen molar-refractivity contribution >= 4 is 17.4 Å². The fourth-order valence-corrected chi connectivity index (χ4v) is 3.70. The Morgan fingerprint density at radius 1 is 1.00 bits per heavy atom. The fourth-order valence-electron chi connectivity index (χ4n) is 3.70. The Hall–Kier alpha value is -3.08. The number of carbonyl (C=O) groups excluding carboxylic acids is 2. The van der Waals surface area contributed by atoms with E-state index in [-0.39, 0.29) is 11.3 Å². The Morgan fingerprint density at radius 2 is 1.69 bits per heavy atom. The number of hydrogen-bond acceptors (Lipinski definition) is 4. The summed E-state index contributed by atoms with van der Waals surface area (Å²) in [5.74, 6) is -0.639. The summed E-state index contributed by atoms with van der Waals surface area (Å²) < 4.78 is 5.23. The van der Waals surface area contributed by atoms with Crippen LogP contribution >= 0.6 is 0 Å². The van der Waals surface area contributed by atoms with Crippen LogP contribution in [0.5, 0.6) is 5.75 Å². The summed E-state index contributed by atoms with van der Waals surface area (Å²) in [5, 5.41) is 10.9. The van der Waals surface area contributed by atoms with E-state index in [1.165, 1.54) is 0 Å². The van der Waals surface area contributed by atoms with Crippen LogP contribution in [-0.2, 0) is 9.59 Å². The highest BCUT2D eigenvalue weighted by Gasteiger charge is 2.45. The molecular formula is C24H27NO4. The van der Waals surface area contributed by atoms with Crippen LogP contribution in [-0.4, -0.2) is 35.4 Å². The molecule has 152 valence electrons. The minimum Gasteiger partial charge on any atom is -0.507 e. The lowest BCUT2D eigenvalue weighted by Crippen LogP contribution is -2.30. The third-order valence-corrected chi connectivity index (χ3v) is 5.27. The monoisotopic (exact) mass is 393 g/mol. The van der Waals surface area contributed by atoms with Crippen molar-refractivity contribution in [3.8, 4) is 5.75 Å². The summed E-state index contributed by atoms with van der Waals surface area (Å²) in [6.45, 7) is 2.61. The average molecular weight is 393 g/mol. The number of aliphatic hydroxyl groups excluding tert-OH is 1. The molecule has 0 radical (unpaired) electrons. The van der Waals surface area contributed by atoms with Gasteiger partial charge in [-0.1, -0.05) is 68.7 Å². The van der Waals surface area contributed by atoms with Crippen LogP contribution in [0.15, 0.2) is 60.2 Å². The lowest BCUT2D eigenvalue weighted by atomic mass is 9.95. The Balaban J connectivity index is 2.04. The van der Waals surface area contributed by atoms with E-state index in [0.717, 1.165) is 31.2 Å². The number of likely N-dealkylation sites (tertiary alicyclic amines) is 1. The molecule has 2 aromatic carbocycles. The molecule has 3 rings (SSSR count). The standard InChI is InChI=1S/C24H27NO4/c1-3-4-5-9-16-25-21(17-12-14-19(29-2)15-13-17)20(23(27)24(25)28)22(26)18-10-7-6-8-11-18/h6-8,10-15,21,26H,3-5,9,16H2,1-2H3/b22-20-. The van der Waals surface area contributed by atoms with E-state index in [4.69, 9.17) is 4.74 Å². The number of aliphatic hydroxyl groups is 1. The Kier molecular flexibility index (Phi) is 6.70. The van der Waals surface area contributed by atoms with Gasteiger partial charge in [-0.2, -0.15) is 0 Å². The highest BCUT2D eigenvalue weighted by Crippen LogP contribution is 2.39. The highest BCUT2D eigenvalue weighted by atomic mass is 16.5. The van der Waals surface area contributed by atoms with E-state index < -0.39 is 17.7 Å². The summed E-state index contributed by atoms with van der Waals surface area (Å²) in [7, 11) is 1.59. The molecule has 0 aliphatic carbocycles. The third-order valence-electron chi connectivity index (χ3n) is 5.27. The van der Waals surface area contributed by atoms with Crippen molar-refractivity contribution in [2.75, 3.05) is 13.7 Å². The maximum atomic E-state index is 12.9. The van der Waals surface area contributed by atoms with E-state index in [2.05, 4.69) is 6.92 Å². The molecule has 5 heteroatoms. The second-order valence-corrected chi connectivity index (χ2v) is 7.19. The molecule has 1 N–H and O–H groups in total. The quantitative estimate of drug-likeness (QED) is 0.306. The average Bonchev–Trinajstić information content (AvgIpc) is 3.01. The van der Waals surface area contributed by atoms with E-state index >= 15 is 0 Å². The molecule has 1 aliphatic rings. The Bertz CT molecular complexity index is 887. The predicted octanol–water partition coefficient (Wildman–Crippen LogP) is 4.70. The highest BCUT2D eigenvalue weighted by molar-refractivity contribution is 6.46. The minimum absolute atomic E-state index is 0.138. The molecule has 0 bridgehead atoms. The first-order valence-electron chi connectivity index (χ1n) is 10.1. The SMILES string of the molecule is CCCCCCN1C(=O)C(=O)/C(=C(\O)c2ccccc2)C1c1ccc(OC)cc1. The van der Waals surface area contributed by atoms with Gasteiger partial charge in [-0.3, -0.25) is 9.59 Å². The largest absolute Gasteiger partial charge is 0.507 e. The summed E-state index contributed by atoms with van der Waals surface area (Å²) >= 11 is 0. The molecule has 1 aliphatic heterocycles. The zero-order valence-electron chi connectivity index (χ0n) is 16.9. The van der Waals surface area contributed by atoms with Crippen LogP contribution in [0.4, 0.5) is 0 Å². The van der Waals surface area contributed by atoms with Gasteiger partial charge in [-0.15, -0.1) is 0 Å². The molecule has 5 nitrogen and oxygen atoms in total. The van der Waals surface area contributed by atoms with Crippen molar-refractivity contribution in [1.82, 2.24) is 4.90 Å². The molecule has 1 fully saturated rings. The predicted molar refractivity (Wildman–Crippen MR) is 113 cm³/mol. The van der Waals surface area contributed by atoms with E-state index in [1.54, 1.807) is 48.4 Å². The molecule has 0 saturated carbocycles. The molecular weight excluding hydrogens is 366 g/mol. The number of amides is 1. The molecule has 2 aromatic rings. The van der Waals surface area contributed by atoms with Crippen molar-refractivity contribution < 1.29 is 19.4 Å². The van der Waals surface area contributed by atoms with E-state index in [0.29, 0.717) is 17.9 Å². The summed E-state index contributed by atoms with van der Waals surface area (Å²) in [4.78, 5) is 27.3. The number of hydrogen-bond donors (Lipinski definition) is 1. The van der Waals surface area contributed by atoms with Crippen LogP contribution in [0.2, 0.25) is 0 Å². The summed E-state index contributed by atoms with van der Waals surface area (Å²) in [6.07, 6.45) is 3.99. The van der Waals surface area contributed by atoms with Crippen molar-refractivity contribution in [3.63, 3.8) is 0 Å². The number of ketones is 1. The van der Waals surface area contributed by atoms with Gasteiger partial charge < -0.3 is 14.7 Å². The Labute approximate surface area is 171 Å². The first kappa shape index (κ1) is 20.6. The van der Waals surface area contributed by atoms with Crippen LogP contribution < -0.4 is 4.74 Å². The van der Waals surface area contributed by atoms with Gasteiger partial charge in [0, 0.05) is 12.1 Å². The van der Waals surface area contributed by atoms with Crippen LogP contribution in [0.25, 0.3) is 5.76 Å². The number of ether oxygens (including phenoxy) is 1. The zero-order valence-corrected chi connectivity index (χ0v) is 16.9. The third kappa shape index (κ3) is 4.34. The van der Waals surface area contributed by atoms with Gasteiger partial charge in [-0.25, -0.2) is 0 Å². The molecule has 0 aromatic heterocycles. The Morgan fingerprint density at radius 3 is 2.31 bits per heavy atom. The van der Waals surface area contributed by atoms with E-state index in [1.807, 2.05) is 18.2 Å². The first-order chi connectivity index (χ1) is 14.1. The van der Waals surface area contributed by atoms with Gasteiger partial charge in [0.25, 0.3) is 11.7 Å². The minimum atomic E-state index is -0.636. The van der Waals surface area contributed by atoms with Crippen LogP contribution in [0, 0.1) is 0 Å². The van der Waals surface area contributed by atoms with Crippen molar-refractivity contribution in [2.45, 2.75) is 38.6 Å². The van der Waals surface area contributed by atoms with Gasteiger partial charge in [-0.05, 0) is 24.1 Å². The number of rotatable bonds is 8. The number of nitrogens with zero attached hydrogens (tertiary/aromatic N) is 1.